The molecular weight excluding hydrogens is 276 g/mol. The molecule has 0 aliphatic carbocycles. The van der Waals surface area contributed by atoms with E-state index < -0.39 is 11.6 Å². The fourth-order valence-electron chi connectivity index (χ4n) is 1.94. The second-order valence-corrected chi connectivity index (χ2v) is 5.27. The molecule has 0 bridgehead atoms. The van der Waals surface area contributed by atoms with E-state index in [2.05, 4.69) is 29.4 Å². The van der Waals surface area contributed by atoms with Gasteiger partial charge in [0.15, 0.2) is 0 Å². The highest BCUT2D eigenvalue weighted by Gasteiger charge is 2.19. The van der Waals surface area contributed by atoms with Gasteiger partial charge in [-0.05, 0) is 31.5 Å². The summed E-state index contributed by atoms with van der Waals surface area (Å²) >= 11 is 0. The summed E-state index contributed by atoms with van der Waals surface area (Å²) < 4.78 is 33.1. The van der Waals surface area contributed by atoms with E-state index in [1.807, 2.05) is 0 Å². The van der Waals surface area contributed by atoms with Crippen LogP contribution in [0.2, 0.25) is 0 Å². The fraction of sp³-hybridized carbons (Fsp3) is 0.467. The molecule has 1 aromatic carbocycles. The van der Waals surface area contributed by atoms with Crippen molar-refractivity contribution >= 4 is 0 Å². The lowest BCUT2D eigenvalue weighted by Crippen LogP contribution is -2.23. The molecule has 6 heteroatoms. The van der Waals surface area contributed by atoms with E-state index in [0.717, 1.165) is 13.0 Å². The molecule has 0 aliphatic heterocycles. The molecular formula is C15H19F2N3O. The zero-order valence-electron chi connectivity index (χ0n) is 12.4. The topological polar surface area (TPSA) is 51.0 Å². The third kappa shape index (κ3) is 3.85. The summed E-state index contributed by atoms with van der Waals surface area (Å²) in [7, 11) is 0. The maximum Gasteiger partial charge on any atom is 0.253 e. The fourth-order valence-corrected chi connectivity index (χ4v) is 1.94. The standard InChI is InChI=1S/C15H19F2N3O/c1-9(2)18-8-4-5-12-19-20-15(21-12)13-11(16)7-6-10(3)14(13)17/h6-7,9,18H,4-5,8H2,1-3H3. The largest absolute Gasteiger partial charge is 0.420 e. The molecule has 1 N–H and O–H groups in total. The van der Waals surface area contributed by atoms with Gasteiger partial charge in [-0.15, -0.1) is 10.2 Å². The van der Waals surface area contributed by atoms with Crippen LogP contribution >= 0.6 is 0 Å². The average Bonchev–Trinajstić information content (AvgIpc) is 2.88. The van der Waals surface area contributed by atoms with Crippen molar-refractivity contribution in [3.63, 3.8) is 0 Å². The summed E-state index contributed by atoms with van der Waals surface area (Å²) in [6.07, 6.45) is 1.39. The minimum atomic E-state index is -0.699. The number of nitrogens with zero attached hydrogens (tertiary/aromatic N) is 2. The summed E-state index contributed by atoms with van der Waals surface area (Å²) in [6.45, 7) is 6.51. The van der Waals surface area contributed by atoms with Gasteiger partial charge in [0.25, 0.3) is 5.89 Å². The molecule has 2 aromatic rings. The average molecular weight is 295 g/mol. The van der Waals surface area contributed by atoms with Gasteiger partial charge in [-0.3, -0.25) is 0 Å². The van der Waals surface area contributed by atoms with E-state index in [4.69, 9.17) is 4.42 Å². The number of hydrogen-bond acceptors (Lipinski definition) is 4. The van der Waals surface area contributed by atoms with E-state index >= 15 is 0 Å². The smallest absolute Gasteiger partial charge is 0.253 e. The van der Waals surface area contributed by atoms with E-state index in [0.29, 0.717) is 23.9 Å². The van der Waals surface area contributed by atoms with Crippen molar-refractivity contribution in [1.82, 2.24) is 15.5 Å². The zero-order valence-corrected chi connectivity index (χ0v) is 12.4. The molecule has 0 amide bonds. The number of aryl methyl sites for hydroxylation is 2. The third-order valence-corrected chi connectivity index (χ3v) is 3.08. The van der Waals surface area contributed by atoms with Gasteiger partial charge >= 0.3 is 0 Å². The van der Waals surface area contributed by atoms with Crippen LogP contribution in [0.15, 0.2) is 16.5 Å². The molecule has 0 fully saturated rings. The van der Waals surface area contributed by atoms with Crippen molar-refractivity contribution in [3.05, 3.63) is 35.2 Å². The van der Waals surface area contributed by atoms with Crippen LogP contribution in [-0.2, 0) is 6.42 Å². The van der Waals surface area contributed by atoms with E-state index in [-0.39, 0.29) is 11.5 Å². The second-order valence-electron chi connectivity index (χ2n) is 5.27. The van der Waals surface area contributed by atoms with Crippen LogP contribution in [-0.4, -0.2) is 22.8 Å². The Morgan fingerprint density at radius 2 is 2.00 bits per heavy atom. The van der Waals surface area contributed by atoms with Crippen LogP contribution in [0.5, 0.6) is 0 Å². The molecule has 0 aliphatic rings. The molecule has 4 nitrogen and oxygen atoms in total. The highest BCUT2D eigenvalue weighted by molar-refractivity contribution is 5.56. The predicted octanol–water partition coefficient (Wildman–Crippen LogP) is 3.25. The van der Waals surface area contributed by atoms with Crippen LogP contribution in [0.4, 0.5) is 8.78 Å². The summed E-state index contributed by atoms with van der Waals surface area (Å²) in [5.41, 5.74) is 0.0846. The van der Waals surface area contributed by atoms with Crippen LogP contribution in [0.1, 0.15) is 31.7 Å². The van der Waals surface area contributed by atoms with Crippen molar-refractivity contribution in [2.75, 3.05) is 6.54 Å². The highest BCUT2D eigenvalue weighted by atomic mass is 19.1. The first-order chi connectivity index (χ1) is 9.99. The predicted molar refractivity (Wildman–Crippen MR) is 75.8 cm³/mol. The molecule has 1 heterocycles. The molecule has 0 radical (unpaired) electrons. The Balaban J connectivity index is 2.08. The summed E-state index contributed by atoms with van der Waals surface area (Å²) in [5.74, 6) is -1.09. The monoisotopic (exact) mass is 295 g/mol. The molecule has 114 valence electrons. The van der Waals surface area contributed by atoms with Gasteiger partial charge in [-0.1, -0.05) is 19.9 Å². The Kier molecular flexibility index (Phi) is 5.01. The van der Waals surface area contributed by atoms with Crippen LogP contribution < -0.4 is 5.32 Å². The van der Waals surface area contributed by atoms with Gasteiger partial charge in [0.05, 0.1) is 0 Å². The first-order valence-electron chi connectivity index (χ1n) is 6.99. The SMILES string of the molecule is Cc1ccc(F)c(-c2nnc(CCCNC(C)C)o2)c1F. The summed E-state index contributed by atoms with van der Waals surface area (Å²) in [6, 6.07) is 2.99. The van der Waals surface area contributed by atoms with Crippen LogP contribution in [0.3, 0.4) is 0 Å². The lowest BCUT2D eigenvalue weighted by Gasteiger charge is -2.05. The molecule has 1 aromatic heterocycles. The second kappa shape index (κ2) is 6.76. The van der Waals surface area contributed by atoms with Crippen molar-refractivity contribution in [2.45, 2.75) is 39.7 Å². The Morgan fingerprint density at radius 1 is 1.24 bits per heavy atom. The molecule has 0 saturated carbocycles. The minimum Gasteiger partial charge on any atom is -0.420 e. The van der Waals surface area contributed by atoms with Crippen molar-refractivity contribution in [1.29, 1.82) is 0 Å². The Hall–Kier alpha value is -1.82. The molecule has 21 heavy (non-hydrogen) atoms. The van der Waals surface area contributed by atoms with Gasteiger partial charge in [-0.2, -0.15) is 0 Å². The first kappa shape index (κ1) is 15.6. The van der Waals surface area contributed by atoms with Crippen molar-refractivity contribution in [3.8, 4) is 11.5 Å². The van der Waals surface area contributed by atoms with Gasteiger partial charge in [0.2, 0.25) is 5.89 Å². The van der Waals surface area contributed by atoms with Crippen molar-refractivity contribution < 1.29 is 13.2 Å². The molecule has 0 spiro atoms. The number of aromatic nitrogens is 2. The molecule has 0 unspecified atom stereocenters. The first-order valence-corrected chi connectivity index (χ1v) is 6.99. The minimum absolute atomic E-state index is 0.111. The Labute approximate surface area is 122 Å². The molecule has 0 saturated heterocycles. The highest BCUT2D eigenvalue weighted by Crippen LogP contribution is 2.27. The number of rotatable bonds is 6. The normalized spacial score (nSPS) is 11.3. The van der Waals surface area contributed by atoms with Gasteiger partial charge in [0, 0.05) is 12.5 Å². The zero-order chi connectivity index (χ0) is 15.4. The maximum atomic E-state index is 14.0. The van der Waals surface area contributed by atoms with Crippen molar-refractivity contribution in [2.24, 2.45) is 0 Å². The lowest BCUT2D eigenvalue weighted by atomic mass is 10.1. The Bertz CT molecular complexity index is 611. The third-order valence-electron chi connectivity index (χ3n) is 3.08. The molecule has 0 atom stereocenters. The number of hydrogen-bond donors (Lipinski definition) is 1. The number of benzene rings is 1. The number of halogens is 2. The number of nitrogens with one attached hydrogen (secondary N) is 1. The van der Waals surface area contributed by atoms with Gasteiger partial charge in [-0.25, -0.2) is 8.78 Å². The quantitative estimate of drug-likeness (QED) is 0.831. The van der Waals surface area contributed by atoms with Crippen LogP contribution in [0, 0.1) is 18.6 Å². The Morgan fingerprint density at radius 3 is 2.71 bits per heavy atom. The van der Waals surface area contributed by atoms with Crippen LogP contribution in [0.25, 0.3) is 11.5 Å². The summed E-state index contributed by atoms with van der Waals surface area (Å²) in [5, 5.41) is 10.9. The summed E-state index contributed by atoms with van der Waals surface area (Å²) in [4.78, 5) is 0. The van der Waals surface area contributed by atoms with E-state index in [1.165, 1.54) is 12.1 Å². The lowest BCUT2D eigenvalue weighted by molar-refractivity contribution is 0.477. The molecule has 2 rings (SSSR count). The van der Waals surface area contributed by atoms with Gasteiger partial charge < -0.3 is 9.73 Å². The van der Waals surface area contributed by atoms with E-state index in [9.17, 15) is 8.78 Å². The van der Waals surface area contributed by atoms with Gasteiger partial charge in [0.1, 0.15) is 17.2 Å². The van der Waals surface area contributed by atoms with E-state index in [1.54, 1.807) is 6.92 Å². The maximum absolute atomic E-state index is 14.0.